The molecule has 0 saturated carbocycles. The van der Waals surface area contributed by atoms with Crippen molar-refractivity contribution in [2.24, 2.45) is 10.8 Å². The predicted octanol–water partition coefficient (Wildman–Crippen LogP) is 24.2. The summed E-state index contributed by atoms with van der Waals surface area (Å²) < 4.78 is 54.8. The molecule has 2 unspecified atom stereocenters. The Hall–Kier alpha value is -11.9. The van der Waals surface area contributed by atoms with Gasteiger partial charge in [-0.25, -0.2) is 8.78 Å². The minimum Gasteiger partial charge on any atom is -0.493 e. The van der Waals surface area contributed by atoms with Crippen LogP contribution in [0, 0.1) is 22.5 Å². The number of benzene rings is 14. The average molecular weight is 1390 g/mol. The van der Waals surface area contributed by atoms with E-state index in [1.165, 1.54) is 35.4 Å². The van der Waals surface area contributed by atoms with Gasteiger partial charge in [0.25, 0.3) is 0 Å². The van der Waals surface area contributed by atoms with E-state index in [2.05, 4.69) is 315 Å². The predicted molar refractivity (Wildman–Crippen MR) is 425 cm³/mol. The maximum Gasteiger partial charge on any atom is 0.123 e. The van der Waals surface area contributed by atoms with Crippen LogP contribution in [0.2, 0.25) is 0 Å². The zero-order chi connectivity index (χ0) is 71.4. The molecule has 518 valence electrons. The fourth-order valence-electron chi connectivity index (χ4n) is 16.8. The fourth-order valence-corrected chi connectivity index (χ4v) is 16.8. The van der Waals surface area contributed by atoms with Crippen LogP contribution in [0.1, 0.15) is 71.2 Å². The summed E-state index contributed by atoms with van der Waals surface area (Å²) in [6.45, 7) is 8.45. The number of hydrogen-bond donors (Lipinski definition) is 0. The molecule has 0 spiro atoms. The highest BCUT2D eigenvalue weighted by molar-refractivity contribution is 5.94. The molecule has 18 rings (SSSR count). The minimum absolute atomic E-state index is 0.0291. The second-order valence-electron chi connectivity index (χ2n) is 29.0. The van der Waals surface area contributed by atoms with Gasteiger partial charge in [-0.1, -0.05) is 220 Å². The van der Waals surface area contributed by atoms with Crippen LogP contribution < -0.4 is 19.3 Å². The van der Waals surface area contributed by atoms with Gasteiger partial charge in [0.15, 0.2) is 0 Å². The molecule has 14 aromatic rings. The summed E-state index contributed by atoms with van der Waals surface area (Å²) in [6, 6.07) is 119. The summed E-state index contributed by atoms with van der Waals surface area (Å²) in [4.78, 5) is 4.46. The second kappa shape index (κ2) is 27.3. The molecular formula is C98H78F2N2O4. The zero-order valence-corrected chi connectivity index (χ0v) is 59.3. The van der Waals surface area contributed by atoms with Gasteiger partial charge in [-0.3, -0.25) is 0 Å². The van der Waals surface area contributed by atoms with Gasteiger partial charge in [0.1, 0.15) is 23.1 Å². The SMILES string of the molecule is CCC1(COc2ccc(C3(c4ccccc4)c4cc(-c5ccccc5)ccc4-c4ccc(N(c5ccc(F)cc5)c5ccc(-c6ccc(N(c7ccc(F)cc7)c7ccc8c(c7)C(c7ccccc7)(c7ccc(OCC9(CC)COC9)cc7)c7cc(-c9ccccc9)ccc7-8)cc6)cc5)cc43)cc2)COC1. The summed E-state index contributed by atoms with van der Waals surface area (Å²) in [5, 5.41) is 0. The van der Waals surface area contributed by atoms with Crippen LogP contribution in [-0.4, -0.2) is 39.6 Å². The van der Waals surface area contributed by atoms with Crippen molar-refractivity contribution in [2.75, 3.05) is 49.4 Å². The smallest absolute Gasteiger partial charge is 0.123 e. The van der Waals surface area contributed by atoms with E-state index in [4.69, 9.17) is 18.9 Å². The first-order valence-electron chi connectivity index (χ1n) is 36.9. The van der Waals surface area contributed by atoms with Crippen molar-refractivity contribution in [2.45, 2.75) is 37.5 Å². The molecule has 2 aliphatic carbocycles. The van der Waals surface area contributed by atoms with E-state index in [0.29, 0.717) is 39.6 Å². The lowest BCUT2D eigenvalue weighted by molar-refractivity contribution is -0.133. The van der Waals surface area contributed by atoms with Crippen molar-refractivity contribution >= 4 is 34.1 Å². The van der Waals surface area contributed by atoms with E-state index >= 15 is 8.78 Å². The summed E-state index contributed by atoms with van der Waals surface area (Å²) in [5.74, 6) is 1.02. The molecule has 0 radical (unpaired) electrons. The van der Waals surface area contributed by atoms with Crippen LogP contribution in [0.15, 0.2) is 340 Å². The molecule has 2 atom stereocenters. The molecule has 2 fully saturated rings. The molecule has 2 aliphatic heterocycles. The van der Waals surface area contributed by atoms with Crippen molar-refractivity contribution in [3.63, 3.8) is 0 Å². The van der Waals surface area contributed by atoms with Gasteiger partial charge in [0.05, 0.1) is 61.3 Å². The highest BCUT2D eigenvalue weighted by Gasteiger charge is 2.49. The Kier molecular flexibility index (Phi) is 17.0. The quantitative estimate of drug-likeness (QED) is 0.0714. The molecule has 0 aromatic heterocycles. The van der Waals surface area contributed by atoms with Gasteiger partial charge in [0, 0.05) is 34.1 Å². The first-order chi connectivity index (χ1) is 52.1. The largest absolute Gasteiger partial charge is 0.493 e. The summed E-state index contributed by atoms with van der Waals surface area (Å²) >= 11 is 0. The Morgan fingerprint density at radius 3 is 0.877 bits per heavy atom. The molecule has 106 heavy (non-hydrogen) atoms. The third-order valence-corrected chi connectivity index (χ3v) is 22.9. The van der Waals surface area contributed by atoms with Crippen molar-refractivity contribution in [1.29, 1.82) is 0 Å². The monoisotopic (exact) mass is 1380 g/mol. The molecule has 0 bridgehead atoms. The van der Waals surface area contributed by atoms with Gasteiger partial charge < -0.3 is 28.7 Å². The van der Waals surface area contributed by atoms with Crippen LogP contribution in [0.25, 0.3) is 55.6 Å². The molecule has 2 heterocycles. The van der Waals surface area contributed by atoms with Gasteiger partial charge in [-0.15, -0.1) is 0 Å². The van der Waals surface area contributed by atoms with Crippen molar-refractivity contribution in [3.8, 4) is 67.1 Å². The number of rotatable bonds is 21. The number of hydrogen-bond acceptors (Lipinski definition) is 6. The minimum atomic E-state index is -0.770. The Morgan fingerprint density at radius 1 is 0.283 bits per heavy atom. The van der Waals surface area contributed by atoms with E-state index in [-0.39, 0.29) is 22.5 Å². The first kappa shape index (κ1) is 66.0. The van der Waals surface area contributed by atoms with Gasteiger partial charge in [-0.2, -0.15) is 0 Å². The number of nitrogens with zero attached hydrogens (tertiary/aromatic N) is 2. The Bertz CT molecular complexity index is 5140. The van der Waals surface area contributed by atoms with Gasteiger partial charge in [-0.05, 0) is 246 Å². The average Bonchev–Trinajstić information content (AvgIpc) is 1.54. The summed E-state index contributed by atoms with van der Waals surface area (Å²) in [7, 11) is 0. The van der Waals surface area contributed by atoms with E-state index in [1.807, 2.05) is 24.3 Å². The molecule has 0 amide bonds. The first-order valence-corrected chi connectivity index (χ1v) is 36.9. The van der Waals surface area contributed by atoms with Crippen molar-refractivity contribution in [1.82, 2.24) is 0 Å². The molecule has 4 aliphatic rings. The van der Waals surface area contributed by atoms with E-state index in [9.17, 15) is 0 Å². The number of fused-ring (bicyclic) bond motifs is 6. The molecule has 14 aromatic carbocycles. The molecule has 2 saturated heterocycles. The van der Waals surface area contributed by atoms with Crippen LogP contribution in [-0.2, 0) is 20.3 Å². The third-order valence-electron chi connectivity index (χ3n) is 22.9. The maximum absolute atomic E-state index is 15.2. The summed E-state index contributed by atoms with van der Waals surface area (Å²) in [6.07, 6.45) is 1.98. The third kappa shape index (κ3) is 11.5. The molecule has 8 heteroatoms. The van der Waals surface area contributed by atoms with Crippen molar-refractivity contribution < 1.29 is 27.7 Å². The Morgan fingerprint density at radius 2 is 0.557 bits per heavy atom. The van der Waals surface area contributed by atoms with Crippen LogP contribution in [0.4, 0.5) is 42.9 Å². The topological polar surface area (TPSA) is 43.4 Å². The van der Waals surface area contributed by atoms with Gasteiger partial charge in [0.2, 0.25) is 0 Å². The highest BCUT2D eigenvalue weighted by atomic mass is 19.1. The van der Waals surface area contributed by atoms with Gasteiger partial charge >= 0.3 is 0 Å². The van der Waals surface area contributed by atoms with E-state index in [1.54, 1.807) is 0 Å². The number of anilines is 6. The number of halogens is 2. The van der Waals surface area contributed by atoms with E-state index < -0.39 is 10.8 Å². The second-order valence-corrected chi connectivity index (χ2v) is 29.0. The zero-order valence-electron chi connectivity index (χ0n) is 59.3. The lowest BCUT2D eigenvalue weighted by atomic mass is 9.67. The normalized spacial score (nSPS) is 16.8. The molecule has 6 nitrogen and oxygen atoms in total. The lowest BCUT2D eigenvalue weighted by Gasteiger charge is -2.40. The lowest BCUT2D eigenvalue weighted by Crippen LogP contribution is -2.46. The summed E-state index contributed by atoms with van der Waals surface area (Å²) in [5.41, 5.74) is 24.1. The fraction of sp³-hybridized carbons (Fsp3) is 0.143. The highest BCUT2D eigenvalue weighted by Crippen LogP contribution is 2.61. The maximum atomic E-state index is 15.2. The van der Waals surface area contributed by atoms with Crippen LogP contribution in [0.5, 0.6) is 11.5 Å². The Balaban J connectivity index is 0.720. The van der Waals surface area contributed by atoms with Crippen molar-refractivity contribution in [3.05, 3.63) is 396 Å². The molecular weight excluding hydrogens is 1310 g/mol. The number of ether oxygens (including phenoxy) is 4. The van der Waals surface area contributed by atoms with Crippen LogP contribution >= 0.6 is 0 Å². The Labute approximate surface area is 619 Å². The van der Waals surface area contributed by atoms with Crippen LogP contribution in [0.3, 0.4) is 0 Å². The molecule has 0 N–H and O–H groups in total. The standard InChI is InChI=1S/C98H78F2N2O4/c1-3-95(61-103-62-95)65-105-85-49-31-75(32-50-85)97(73-21-13-7-14-22-73)91-57-71(67-17-9-5-10-18-67)29-53-87(91)89-55-47-83(59-93(89)97)101(81-43-35-77(99)36-44-81)79-39-25-69(26-40-79)70-27-41-80(42-28-70)102(82-45-37-78(100)38-46-82)84-48-56-90-88-54-30-72(68-19-11-6-12-20-68)58-92(88)98(94(90)60-84,74-23-15-8-16-24-74)76-33-51-86(52-34-76)106-66-96(4-2)63-104-64-96/h5-60H,3-4,61-66H2,1-2H3. The van der Waals surface area contributed by atoms with E-state index in [0.717, 1.165) is 147 Å².